The average Bonchev–Trinajstić information content (AvgIpc) is 2.34. The summed E-state index contributed by atoms with van der Waals surface area (Å²) in [5.41, 5.74) is 9.45. The Labute approximate surface area is 110 Å². The van der Waals surface area contributed by atoms with Crippen molar-refractivity contribution in [3.8, 4) is 0 Å². The van der Waals surface area contributed by atoms with Crippen LogP contribution in [-0.2, 0) is 0 Å². The van der Waals surface area contributed by atoms with Gasteiger partial charge in [-0.15, -0.1) is 6.58 Å². The van der Waals surface area contributed by atoms with E-state index in [0.717, 1.165) is 48.1 Å². The molecule has 0 atom stereocenters. The second-order valence-electron chi connectivity index (χ2n) is 4.83. The van der Waals surface area contributed by atoms with Gasteiger partial charge < -0.3 is 5.73 Å². The lowest BCUT2D eigenvalue weighted by atomic mass is 9.99. The number of nitrogens with two attached hydrogens (primary N) is 1. The second kappa shape index (κ2) is 7.00. The molecule has 2 heteroatoms. The van der Waals surface area contributed by atoms with Crippen LogP contribution in [0.1, 0.15) is 53.6 Å². The maximum atomic E-state index is 12.0. The SMILES string of the molecule is C=CCCCCCC(=O)c1cc(C)c(N)c(C)c1. The van der Waals surface area contributed by atoms with Crippen molar-refractivity contribution in [1.29, 1.82) is 0 Å². The Morgan fingerprint density at radius 2 is 1.83 bits per heavy atom. The Kier molecular flexibility index (Phi) is 5.63. The molecule has 0 unspecified atom stereocenters. The van der Waals surface area contributed by atoms with Crippen LogP contribution in [0.3, 0.4) is 0 Å². The molecule has 0 aromatic heterocycles. The molecule has 0 aliphatic carbocycles. The lowest BCUT2D eigenvalue weighted by Gasteiger charge is -2.08. The molecule has 2 N–H and O–H groups in total. The molecule has 98 valence electrons. The van der Waals surface area contributed by atoms with Gasteiger partial charge in [0.25, 0.3) is 0 Å². The Bertz CT molecular complexity index is 412. The van der Waals surface area contributed by atoms with Crippen LogP contribution in [0, 0.1) is 13.8 Å². The quantitative estimate of drug-likeness (QED) is 0.338. The fourth-order valence-electron chi connectivity index (χ4n) is 2.03. The highest BCUT2D eigenvalue weighted by Gasteiger charge is 2.08. The first-order valence-corrected chi connectivity index (χ1v) is 6.57. The first-order chi connectivity index (χ1) is 8.56. The second-order valence-corrected chi connectivity index (χ2v) is 4.83. The van der Waals surface area contributed by atoms with Gasteiger partial charge in [-0.05, 0) is 56.4 Å². The number of allylic oxidation sites excluding steroid dienone is 1. The molecule has 0 aliphatic heterocycles. The van der Waals surface area contributed by atoms with Crippen molar-refractivity contribution in [3.05, 3.63) is 41.5 Å². The van der Waals surface area contributed by atoms with Crippen LogP contribution < -0.4 is 5.73 Å². The van der Waals surface area contributed by atoms with Crippen LogP contribution in [0.15, 0.2) is 24.8 Å². The lowest BCUT2D eigenvalue weighted by molar-refractivity contribution is 0.0979. The smallest absolute Gasteiger partial charge is 0.162 e. The van der Waals surface area contributed by atoms with Gasteiger partial charge >= 0.3 is 0 Å². The fraction of sp³-hybridized carbons (Fsp3) is 0.438. The number of nitrogen functional groups attached to an aromatic ring is 1. The maximum absolute atomic E-state index is 12.0. The van der Waals surface area contributed by atoms with Crippen LogP contribution >= 0.6 is 0 Å². The van der Waals surface area contributed by atoms with E-state index >= 15 is 0 Å². The minimum Gasteiger partial charge on any atom is -0.398 e. The van der Waals surface area contributed by atoms with Gasteiger partial charge in [0.15, 0.2) is 5.78 Å². The molecule has 1 aromatic rings. The number of aryl methyl sites for hydroxylation is 2. The van der Waals surface area contributed by atoms with Crippen molar-refractivity contribution >= 4 is 11.5 Å². The standard InChI is InChI=1S/C16H23NO/c1-4-5-6-7-8-9-15(18)14-10-12(2)16(17)13(3)11-14/h4,10-11H,1,5-9,17H2,2-3H3. The van der Waals surface area contributed by atoms with Crippen LogP contribution in [0.5, 0.6) is 0 Å². The van der Waals surface area contributed by atoms with Crippen molar-refractivity contribution < 1.29 is 4.79 Å². The van der Waals surface area contributed by atoms with Gasteiger partial charge in [0.05, 0.1) is 0 Å². The van der Waals surface area contributed by atoms with E-state index < -0.39 is 0 Å². The number of anilines is 1. The molecule has 0 spiro atoms. The summed E-state index contributed by atoms with van der Waals surface area (Å²) >= 11 is 0. The molecule has 0 amide bonds. The molecule has 0 heterocycles. The molecule has 0 bridgehead atoms. The Morgan fingerprint density at radius 1 is 1.22 bits per heavy atom. The van der Waals surface area contributed by atoms with Crippen molar-refractivity contribution in [2.75, 3.05) is 5.73 Å². The van der Waals surface area contributed by atoms with Crippen LogP contribution in [0.25, 0.3) is 0 Å². The number of hydrogen-bond donors (Lipinski definition) is 1. The molecule has 0 saturated carbocycles. The summed E-state index contributed by atoms with van der Waals surface area (Å²) in [6.07, 6.45) is 6.75. The van der Waals surface area contributed by atoms with Crippen LogP contribution in [-0.4, -0.2) is 5.78 Å². The number of unbranched alkanes of at least 4 members (excludes halogenated alkanes) is 3. The lowest BCUT2D eigenvalue weighted by Crippen LogP contribution is -2.03. The maximum Gasteiger partial charge on any atom is 0.162 e. The van der Waals surface area contributed by atoms with E-state index in [-0.39, 0.29) is 5.78 Å². The highest BCUT2D eigenvalue weighted by molar-refractivity contribution is 5.97. The molecule has 2 nitrogen and oxygen atoms in total. The topological polar surface area (TPSA) is 43.1 Å². The average molecular weight is 245 g/mol. The number of hydrogen-bond acceptors (Lipinski definition) is 2. The fourth-order valence-corrected chi connectivity index (χ4v) is 2.03. The van der Waals surface area contributed by atoms with E-state index in [9.17, 15) is 4.79 Å². The van der Waals surface area contributed by atoms with Crippen molar-refractivity contribution in [2.24, 2.45) is 0 Å². The van der Waals surface area contributed by atoms with Gasteiger partial charge in [0, 0.05) is 17.7 Å². The summed E-state index contributed by atoms with van der Waals surface area (Å²) in [4.78, 5) is 12.0. The number of rotatable bonds is 7. The summed E-state index contributed by atoms with van der Waals surface area (Å²) in [6, 6.07) is 3.79. The minimum absolute atomic E-state index is 0.222. The van der Waals surface area contributed by atoms with Gasteiger partial charge in [-0.3, -0.25) is 4.79 Å². The summed E-state index contributed by atoms with van der Waals surface area (Å²) in [5, 5.41) is 0. The van der Waals surface area contributed by atoms with E-state index in [2.05, 4.69) is 6.58 Å². The molecule has 0 radical (unpaired) electrons. The summed E-state index contributed by atoms with van der Waals surface area (Å²) in [6.45, 7) is 7.59. The largest absolute Gasteiger partial charge is 0.398 e. The number of benzene rings is 1. The Morgan fingerprint density at radius 3 is 2.39 bits per heavy atom. The Hall–Kier alpha value is -1.57. The predicted octanol–water partition coefficient (Wildman–Crippen LogP) is 4.20. The Balaban J connectivity index is 2.54. The molecular weight excluding hydrogens is 222 g/mol. The number of carbonyl (C=O) groups excluding carboxylic acids is 1. The molecular formula is C16H23NO. The van der Waals surface area contributed by atoms with E-state index in [1.165, 1.54) is 0 Å². The number of carbonyl (C=O) groups is 1. The van der Waals surface area contributed by atoms with E-state index in [1.807, 2.05) is 32.1 Å². The third kappa shape index (κ3) is 4.02. The molecule has 1 rings (SSSR count). The zero-order valence-electron chi connectivity index (χ0n) is 11.5. The highest BCUT2D eigenvalue weighted by atomic mass is 16.1. The van der Waals surface area contributed by atoms with Crippen molar-refractivity contribution in [1.82, 2.24) is 0 Å². The number of ketones is 1. The first-order valence-electron chi connectivity index (χ1n) is 6.57. The summed E-state index contributed by atoms with van der Waals surface area (Å²) in [7, 11) is 0. The normalized spacial score (nSPS) is 10.3. The molecule has 18 heavy (non-hydrogen) atoms. The highest BCUT2D eigenvalue weighted by Crippen LogP contribution is 2.20. The number of Topliss-reactive ketones (excluding diaryl/α,β-unsaturated/α-hetero) is 1. The monoisotopic (exact) mass is 245 g/mol. The summed E-state index contributed by atoms with van der Waals surface area (Å²) in [5.74, 6) is 0.222. The van der Waals surface area contributed by atoms with Gasteiger partial charge in [-0.2, -0.15) is 0 Å². The zero-order chi connectivity index (χ0) is 13.5. The molecule has 0 aliphatic rings. The predicted molar refractivity (Wildman–Crippen MR) is 77.9 cm³/mol. The third-order valence-corrected chi connectivity index (χ3v) is 3.23. The van der Waals surface area contributed by atoms with Crippen molar-refractivity contribution in [3.63, 3.8) is 0 Å². The van der Waals surface area contributed by atoms with E-state index in [4.69, 9.17) is 5.73 Å². The zero-order valence-corrected chi connectivity index (χ0v) is 11.5. The van der Waals surface area contributed by atoms with Crippen molar-refractivity contribution in [2.45, 2.75) is 46.0 Å². The first kappa shape index (κ1) is 14.5. The van der Waals surface area contributed by atoms with Gasteiger partial charge in [0.1, 0.15) is 0 Å². The van der Waals surface area contributed by atoms with Gasteiger partial charge in [0.2, 0.25) is 0 Å². The summed E-state index contributed by atoms with van der Waals surface area (Å²) < 4.78 is 0. The molecule has 1 aromatic carbocycles. The molecule has 0 fully saturated rings. The minimum atomic E-state index is 0.222. The van der Waals surface area contributed by atoms with Gasteiger partial charge in [-0.1, -0.05) is 12.5 Å². The third-order valence-electron chi connectivity index (χ3n) is 3.23. The van der Waals surface area contributed by atoms with E-state index in [0.29, 0.717) is 6.42 Å². The van der Waals surface area contributed by atoms with Crippen LogP contribution in [0.2, 0.25) is 0 Å². The molecule has 0 saturated heterocycles. The van der Waals surface area contributed by atoms with Crippen LogP contribution in [0.4, 0.5) is 5.69 Å². The van der Waals surface area contributed by atoms with E-state index in [1.54, 1.807) is 0 Å². The van der Waals surface area contributed by atoms with Gasteiger partial charge in [-0.25, -0.2) is 0 Å².